The lowest BCUT2D eigenvalue weighted by molar-refractivity contribution is 0.0955. The first-order chi connectivity index (χ1) is 13.1. The Morgan fingerprint density at radius 2 is 2.00 bits per heavy atom. The van der Waals surface area contributed by atoms with Gasteiger partial charge in [-0.3, -0.25) is 4.79 Å². The quantitative estimate of drug-likeness (QED) is 0.336. The van der Waals surface area contributed by atoms with Crippen molar-refractivity contribution in [2.24, 2.45) is 5.10 Å². The Morgan fingerprint density at radius 3 is 2.78 bits per heavy atom. The van der Waals surface area contributed by atoms with Crippen LogP contribution in [-0.2, 0) is 6.61 Å². The molecule has 5 nitrogen and oxygen atoms in total. The molecule has 0 atom stereocenters. The van der Waals surface area contributed by atoms with Crippen molar-refractivity contribution in [1.82, 2.24) is 10.4 Å². The van der Waals surface area contributed by atoms with Crippen molar-refractivity contribution in [3.8, 4) is 5.75 Å². The van der Waals surface area contributed by atoms with E-state index in [1.54, 1.807) is 12.1 Å². The zero-order valence-electron chi connectivity index (χ0n) is 14.1. The van der Waals surface area contributed by atoms with Crippen LogP contribution in [0.15, 0.2) is 76.4 Å². The molecule has 0 aliphatic rings. The molecule has 136 valence electrons. The lowest BCUT2D eigenvalue weighted by Gasteiger charge is -2.09. The number of hydrogen-bond donors (Lipinski definition) is 1. The van der Waals surface area contributed by atoms with E-state index in [1.165, 1.54) is 12.4 Å². The SMILES string of the molecule is O=C(NN=Cc1cc(Br)ccc1OCc1ccccc1)c1cccnc1Cl. The van der Waals surface area contributed by atoms with E-state index in [0.717, 1.165) is 15.6 Å². The number of aromatic nitrogens is 1. The standard InChI is InChI=1S/C20H15BrClN3O2/c21-16-8-9-18(27-13-14-5-2-1-3-6-14)15(11-16)12-24-25-20(26)17-7-4-10-23-19(17)22/h1-12H,13H2,(H,25,26). The normalized spacial score (nSPS) is 10.7. The van der Waals surface area contributed by atoms with Crippen molar-refractivity contribution in [3.05, 3.63) is 93.2 Å². The summed E-state index contributed by atoms with van der Waals surface area (Å²) in [5.41, 5.74) is 4.48. The number of rotatable bonds is 6. The van der Waals surface area contributed by atoms with Gasteiger partial charge in [0.2, 0.25) is 0 Å². The molecule has 0 aliphatic heterocycles. The van der Waals surface area contributed by atoms with Crippen LogP contribution in [0.25, 0.3) is 0 Å². The van der Waals surface area contributed by atoms with Crippen LogP contribution in [0.5, 0.6) is 5.75 Å². The van der Waals surface area contributed by atoms with Gasteiger partial charge in [0.25, 0.3) is 5.91 Å². The fourth-order valence-corrected chi connectivity index (χ4v) is 2.85. The van der Waals surface area contributed by atoms with E-state index in [9.17, 15) is 4.79 Å². The molecule has 1 heterocycles. The van der Waals surface area contributed by atoms with E-state index in [2.05, 4.69) is 31.4 Å². The third-order valence-corrected chi connectivity index (χ3v) is 4.38. The van der Waals surface area contributed by atoms with Crippen molar-refractivity contribution < 1.29 is 9.53 Å². The highest BCUT2D eigenvalue weighted by atomic mass is 79.9. The Labute approximate surface area is 170 Å². The van der Waals surface area contributed by atoms with Crippen molar-refractivity contribution in [3.63, 3.8) is 0 Å². The molecule has 0 spiro atoms. The minimum absolute atomic E-state index is 0.125. The van der Waals surface area contributed by atoms with E-state index in [-0.39, 0.29) is 10.7 Å². The largest absolute Gasteiger partial charge is 0.488 e. The van der Waals surface area contributed by atoms with E-state index in [1.807, 2.05) is 48.5 Å². The molecule has 3 aromatic rings. The highest BCUT2D eigenvalue weighted by molar-refractivity contribution is 9.10. The zero-order valence-corrected chi connectivity index (χ0v) is 16.4. The summed E-state index contributed by atoms with van der Waals surface area (Å²) in [6.07, 6.45) is 3.04. The third-order valence-electron chi connectivity index (χ3n) is 3.58. The van der Waals surface area contributed by atoms with Crippen LogP contribution in [0.4, 0.5) is 0 Å². The number of halogens is 2. The molecule has 1 N–H and O–H groups in total. The Kier molecular flexibility index (Phi) is 6.57. The molecule has 3 rings (SSSR count). The van der Waals surface area contributed by atoms with Crippen LogP contribution in [-0.4, -0.2) is 17.1 Å². The maximum atomic E-state index is 12.1. The first kappa shape index (κ1) is 19.1. The number of amides is 1. The van der Waals surface area contributed by atoms with Gasteiger partial charge in [0.15, 0.2) is 0 Å². The van der Waals surface area contributed by atoms with Crippen molar-refractivity contribution >= 4 is 39.7 Å². The number of nitrogens with zero attached hydrogens (tertiary/aromatic N) is 2. The van der Waals surface area contributed by atoms with Crippen LogP contribution in [0.3, 0.4) is 0 Å². The van der Waals surface area contributed by atoms with Crippen molar-refractivity contribution in [2.75, 3.05) is 0 Å². The summed E-state index contributed by atoms with van der Waals surface area (Å²) in [5.74, 6) is 0.213. The van der Waals surface area contributed by atoms with Gasteiger partial charge in [-0.1, -0.05) is 57.9 Å². The number of carbonyl (C=O) groups is 1. The number of hydrogen-bond acceptors (Lipinski definition) is 4. The molecule has 0 aliphatic carbocycles. The number of hydrazone groups is 1. The van der Waals surface area contributed by atoms with E-state index < -0.39 is 5.91 Å². The maximum Gasteiger partial charge on any atom is 0.274 e. The Bertz CT molecular complexity index is 964. The van der Waals surface area contributed by atoms with Crippen LogP contribution >= 0.6 is 27.5 Å². The minimum Gasteiger partial charge on any atom is -0.488 e. The average molecular weight is 445 g/mol. The first-order valence-corrected chi connectivity index (χ1v) is 9.21. The van der Waals surface area contributed by atoms with Gasteiger partial charge in [0, 0.05) is 16.2 Å². The second-order valence-electron chi connectivity index (χ2n) is 5.50. The highest BCUT2D eigenvalue weighted by Gasteiger charge is 2.09. The summed E-state index contributed by atoms with van der Waals surface area (Å²) in [6, 6.07) is 18.6. The van der Waals surface area contributed by atoms with Crippen LogP contribution in [0.2, 0.25) is 5.15 Å². The lowest BCUT2D eigenvalue weighted by atomic mass is 10.2. The monoisotopic (exact) mass is 443 g/mol. The summed E-state index contributed by atoms with van der Waals surface area (Å²) in [4.78, 5) is 16.0. The van der Waals surface area contributed by atoms with Gasteiger partial charge in [-0.05, 0) is 35.9 Å². The Hall–Kier alpha value is -2.70. The van der Waals surface area contributed by atoms with Crippen LogP contribution in [0.1, 0.15) is 21.5 Å². The van der Waals surface area contributed by atoms with Gasteiger partial charge < -0.3 is 4.74 Å². The second kappa shape index (κ2) is 9.30. The van der Waals surface area contributed by atoms with E-state index >= 15 is 0 Å². The molecular formula is C20H15BrClN3O2. The number of benzene rings is 2. The summed E-state index contributed by atoms with van der Waals surface area (Å²) < 4.78 is 6.76. The number of nitrogens with one attached hydrogen (secondary N) is 1. The van der Waals surface area contributed by atoms with Gasteiger partial charge in [0.05, 0.1) is 11.8 Å². The Morgan fingerprint density at radius 1 is 1.19 bits per heavy atom. The Balaban J connectivity index is 1.70. The molecule has 27 heavy (non-hydrogen) atoms. The average Bonchev–Trinajstić information content (AvgIpc) is 2.68. The highest BCUT2D eigenvalue weighted by Crippen LogP contribution is 2.23. The predicted molar refractivity (Wildman–Crippen MR) is 109 cm³/mol. The molecule has 0 unspecified atom stereocenters. The summed E-state index contributed by atoms with van der Waals surface area (Å²) in [5, 5.41) is 4.13. The molecule has 1 aromatic heterocycles. The fraction of sp³-hybridized carbons (Fsp3) is 0.0500. The fourth-order valence-electron chi connectivity index (χ4n) is 2.26. The third kappa shape index (κ3) is 5.39. The number of pyridine rings is 1. The van der Waals surface area contributed by atoms with E-state index in [4.69, 9.17) is 16.3 Å². The van der Waals surface area contributed by atoms with Crippen molar-refractivity contribution in [1.29, 1.82) is 0 Å². The molecule has 1 amide bonds. The number of ether oxygens (including phenoxy) is 1. The second-order valence-corrected chi connectivity index (χ2v) is 6.77. The van der Waals surface area contributed by atoms with Gasteiger partial charge in [-0.25, -0.2) is 10.4 Å². The molecule has 7 heteroatoms. The minimum atomic E-state index is -0.439. The molecule has 0 radical (unpaired) electrons. The summed E-state index contributed by atoms with van der Waals surface area (Å²) in [7, 11) is 0. The summed E-state index contributed by atoms with van der Waals surface area (Å²) in [6.45, 7) is 0.432. The number of carbonyl (C=O) groups excluding carboxylic acids is 1. The first-order valence-electron chi connectivity index (χ1n) is 8.03. The molecule has 0 saturated heterocycles. The van der Waals surface area contributed by atoms with Gasteiger partial charge in [-0.2, -0.15) is 5.10 Å². The molecular weight excluding hydrogens is 430 g/mol. The maximum absolute atomic E-state index is 12.1. The smallest absolute Gasteiger partial charge is 0.274 e. The lowest BCUT2D eigenvalue weighted by Crippen LogP contribution is -2.18. The zero-order chi connectivity index (χ0) is 19.1. The predicted octanol–water partition coefficient (Wildman–Crippen LogP) is 4.84. The van der Waals surface area contributed by atoms with Crippen LogP contribution < -0.4 is 10.2 Å². The topological polar surface area (TPSA) is 63.6 Å². The van der Waals surface area contributed by atoms with Gasteiger partial charge in [-0.15, -0.1) is 0 Å². The molecule has 2 aromatic carbocycles. The molecule has 0 fully saturated rings. The van der Waals surface area contributed by atoms with Crippen LogP contribution in [0, 0.1) is 0 Å². The van der Waals surface area contributed by atoms with Gasteiger partial charge in [0.1, 0.15) is 17.5 Å². The molecule has 0 saturated carbocycles. The van der Waals surface area contributed by atoms with Gasteiger partial charge >= 0.3 is 0 Å². The van der Waals surface area contributed by atoms with E-state index in [0.29, 0.717) is 12.4 Å². The molecule has 0 bridgehead atoms. The van der Waals surface area contributed by atoms with Crippen molar-refractivity contribution in [2.45, 2.75) is 6.61 Å². The summed E-state index contributed by atoms with van der Waals surface area (Å²) >= 11 is 9.34.